The second-order valence-corrected chi connectivity index (χ2v) is 3.99. The fraction of sp³-hybridized carbons (Fsp3) is 0.556. The Hall–Kier alpha value is -1.07. The summed E-state index contributed by atoms with van der Waals surface area (Å²) in [6, 6.07) is 0. The van der Waals surface area contributed by atoms with Crippen molar-refractivity contribution in [3.8, 4) is 0 Å². The van der Waals surface area contributed by atoms with Crippen LogP contribution in [0.2, 0.25) is 5.02 Å². The maximum absolute atomic E-state index is 11.2. The van der Waals surface area contributed by atoms with Crippen molar-refractivity contribution in [2.45, 2.75) is 18.9 Å². The van der Waals surface area contributed by atoms with Crippen LogP contribution in [0, 0.1) is 0 Å². The first-order chi connectivity index (χ1) is 7.18. The lowest BCUT2D eigenvalue weighted by molar-refractivity contribution is 0.154. The van der Waals surface area contributed by atoms with Gasteiger partial charge in [-0.1, -0.05) is 11.6 Å². The molecule has 0 spiro atoms. The molecule has 5 nitrogen and oxygen atoms in total. The van der Waals surface area contributed by atoms with E-state index in [2.05, 4.69) is 9.97 Å². The van der Waals surface area contributed by atoms with Crippen molar-refractivity contribution in [3.05, 3.63) is 21.7 Å². The van der Waals surface area contributed by atoms with Crippen molar-refractivity contribution in [1.82, 2.24) is 9.97 Å². The van der Waals surface area contributed by atoms with E-state index < -0.39 is 0 Å². The van der Waals surface area contributed by atoms with Gasteiger partial charge in [-0.2, -0.15) is 0 Å². The van der Waals surface area contributed by atoms with Gasteiger partial charge >= 0.3 is 0 Å². The summed E-state index contributed by atoms with van der Waals surface area (Å²) in [5.74, 6) is 0.458. The third kappa shape index (κ3) is 2.13. The topological polar surface area (TPSA) is 69.2 Å². The number of β-amino-alcohol motifs (C(OH)–C–C–N with tert-alkyl or cyclic N) is 1. The third-order valence-corrected chi connectivity index (χ3v) is 2.81. The molecule has 2 N–H and O–H groups in total. The molecule has 0 saturated carbocycles. The summed E-state index contributed by atoms with van der Waals surface area (Å²) in [7, 11) is 0. The highest BCUT2D eigenvalue weighted by Crippen LogP contribution is 2.22. The monoisotopic (exact) mass is 229 g/mol. The van der Waals surface area contributed by atoms with Crippen LogP contribution in [-0.2, 0) is 0 Å². The Labute approximate surface area is 91.7 Å². The van der Waals surface area contributed by atoms with Gasteiger partial charge in [0.15, 0.2) is 5.82 Å². The van der Waals surface area contributed by atoms with Gasteiger partial charge in [0.1, 0.15) is 5.02 Å². The van der Waals surface area contributed by atoms with Gasteiger partial charge in [-0.05, 0) is 12.8 Å². The molecule has 0 aromatic carbocycles. The molecular formula is C9H12ClN3O2. The minimum absolute atomic E-state index is 0.0894. The number of hydrogen-bond donors (Lipinski definition) is 2. The van der Waals surface area contributed by atoms with Gasteiger partial charge in [0.2, 0.25) is 0 Å². The van der Waals surface area contributed by atoms with Crippen LogP contribution in [0.1, 0.15) is 12.8 Å². The summed E-state index contributed by atoms with van der Waals surface area (Å²) in [5, 5.41) is 9.59. The Balaban J connectivity index is 2.28. The fourth-order valence-corrected chi connectivity index (χ4v) is 1.96. The smallest absolute Gasteiger partial charge is 0.271 e. The summed E-state index contributed by atoms with van der Waals surface area (Å²) < 4.78 is 0. The molecule has 1 aromatic heterocycles. The summed E-state index contributed by atoms with van der Waals surface area (Å²) in [5.41, 5.74) is -0.346. The molecule has 6 heteroatoms. The van der Waals surface area contributed by atoms with Crippen LogP contribution in [0.15, 0.2) is 11.1 Å². The molecule has 82 valence electrons. The number of aliphatic hydroxyl groups is 1. The first-order valence-electron chi connectivity index (χ1n) is 4.84. The van der Waals surface area contributed by atoms with E-state index in [1.807, 2.05) is 4.90 Å². The van der Waals surface area contributed by atoms with Crippen LogP contribution in [-0.4, -0.2) is 34.3 Å². The number of nitrogens with one attached hydrogen (secondary N) is 1. The zero-order valence-electron chi connectivity index (χ0n) is 8.11. The van der Waals surface area contributed by atoms with Crippen LogP contribution in [0.25, 0.3) is 0 Å². The van der Waals surface area contributed by atoms with Crippen LogP contribution in [0.3, 0.4) is 0 Å². The summed E-state index contributed by atoms with van der Waals surface area (Å²) in [6.07, 6.45) is 2.63. The number of piperidine rings is 1. The average molecular weight is 230 g/mol. The predicted molar refractivity (Wildman–Crippen MR) is 57.3 cm³/mol. The molecule has 1 aliphatic heterocycles. The Morgan fingerprint density at radius 3 is 3.20 bits per heavy atom. The maximum Gasteiger partial charge on any atom is 0.271 e. The van der Waals surface area contributed by atoms with E-state index >= 15 is 0 Å². The zero-order chi connectivity index (χ0) is 10.8. The van der Waals surface area contributed by atoms with Gasteiger partial charge in [0.05, 0.1) is 12.4 Å². The standard InChI is InChI=1S/C9H12ClN3O2/c10-7-8(11-5-12-9(7)15)13-3-1-2-6(14)4-13/h5-6,14H,1-4H2,(H,11,12,15). The average Bonchev–Trinajstić information content (AvgIpc) is 2.22. The quantitative estimate of drug-likeness (QED) is 0.731. The van der Waals surface area contributed by atoms with Crippen molar-refractivity contribution < 1.29 is 5.11 Å². The molecule has 2 rings (SSSR count). The third-order valence-electron chi connectivity index (χ3n) is 2.47. The lowest BCUT2D eigenvalue weighted by Gasteiger charge is -2.31. The van der Waals surface area contributed by atoms with Crippen LogP contribution < -0.4 is 10.5 Å². The van der Waals surface area contributed by atoms with Gasteiger partial charge in [-0.25, -0.2) is 4.98 Å². The molecule has 1 aliphatic rings. The minimum atomic E-state index is -0.365. The summed E-state index contributed by atoms with van der Waals surface area (Å²) >= 11 is 5.84. The molecule has 0 bridgehead atoms. The Kier molecular flexibility index (Phi) is 2.93. The molecule has 0 radical (unpaired) electrons. The normalized spacial score (nSPS) is 21.7. The number of aromatic amines is 1. The summed E-state index contributed by atoms with van der Waals surface area (Å²) in [4.78, 5) is 19.5. The van der Waals surface area contributed by atoms with Gasteiger partial charge in [0, 0.05) is 13.1 Å². The Morgan fingerprint density at radius 1 is 1.67 bits per heavy atom. The van der Waals surface area contributed by atoms with E-state index in [1.54, 1.807) is 0 Å². The highest BCUT2D eigenvalue weighted by molar-refractivity contribution is 6.32. The van der Waals surface area contributed by atoms with E-state index in [0.717, 1.165) is 19.4 Å². The largest absolute Gasteiger partial charge is 0.391 e. The molecule has 0 aliphatic carbocycles. The molecule has 1 fully saturated rings. The molecule has 1 unspecified atom stereocenters. The molecule has 1 aromatic rings. The lowest BCUT2D eigenvalue weighted by atomic mass is 10.1. The molecule has 1 saturated heterocycles. The first kappa shape index (κ1) is 10.4. The van der Waals surface area contributed by atoms with Crippen molar-refractivity contribution in [3.63, 3.8) is 0 Å². The number of anilines is 1. The van der Waals surface area contributed by atoms with Crippen molar-refractivity contribution in [1.29, 1.82) is 0 Å². The Bertz CT molecular complexity index is 407. The predicted octanol–water partition coefficient (Wildman–Crippen LogP) is 0.384. The first-order valence-corrected chi connectivity index (χ1v) is 5.22. The molecule has 15 heavy (non-hydrogen) atoms. The number of halogens is 1. The SMILES string of the molecule is O=c1[nH]cnc(N2CCCC(O)C2)c1Cl. The second-order valence-electron chi connectivity index (χ2n) is 3.61. The number of nitrogens with zero attached hydrogens (tertiary/aromatic N) is 2. The number of rotatable bonds is 1. The van der Waals surface area contributed by atoms with Gasteiger partial charge < -0.3 is 15.0 Å². The van der Waals surface area contributed by atoms with Crippen LogP contribution >= 0.6 is 11.6 Å². The molecule has 1 atom stereocenters. The highest BCUT2D eigenvalue weighted by atomic mass is 35.5. The second kappa shape index (κ2) is 4.20. The number of hydrogen-bond acceptors (Lipinski definition) is 4. The van der Waals surface area contributed by atoms with Gasteiger partial charge in [-0.15, -0.1) is 0 Å². The van der Waals surface area contributed by atoms with Gasteiger partial charge in [-0.3, -0.25) is 4.79 Å². The van der Waals surface area contributed by atoms with Crippen LogP contribution in [0.4, 0.5) is 5.82 Å². The number of H-pyrrole nitrogens is 1. The van der Waals surface area contributed by atoms with Crippen LogP contribution in [0.5, 0.6) is 0 Å². The van der Waals surface area contributed by atoms with Gasteiger partial charge in [0.25, 0.3) is 5.56 Å². The van der Waals surface area contributed by atoms with E-state index in [-0.39, 0.29) is 16.7 Å². The Morgan fingerprint density at radius 2 is 2.47 bits per heavy atom. The fourth-order valence-electron chi connectivity index (χ4n) is 1.74. The highest BCUT2D eigenvalue weighted by Gasteiger charge is 2.21. The minimum Gasteiger partial charge on any atom is -0.391 e. The molecular weight excluding hydrogens is 218 g/mol. The zero-order valence-corrected chi connectivity index (χ0v) is 8.87. The van der Waals surface area contributed by atoms with E-state index in [1.165, 1.54) is 6.33 Å². The number of aromatic nitrogens is 2. The maximum atomic E-state index is 11.2. The summed E-state index contributed by atoms with van der Waals surface area (Å²) in [6.45, 7) is 1.25. The van der Waals surface area contributed by atoms with E-state index in [0.29, 0.717) is 12.4 Å². The van der Waals surface area contributed by atoms with Crippen molar-refractivity contribution >= 4 is 17.4 Å². The van der Waals surface area contributed by atoms with E-state index in [4.69, 9.17) is 11.6 Å². The lowest BCUT2D eigenvalue weighted by Crippen LogP contribution is -2.39. The molecule has 2 heterocycles. The number of aliphatic hydroxyl groups excluding tert-OH is 1. The van der Waals surface area contributed by atoms with Crippen molar-refractivity contribution in [2.24, 2.45) is 0 Å². The van der Waals surface area contributed by atoms with Crippen molar-refractivity contribution in [2.75, 3.05) is 18.0 Å². The molecule has 0 amide bonds. The van der Waals surface area contributed by atoms with E-state index in [9.17, 15) is 9.90 Å².